The van der Waals surface area contributed by atoms with Crippen LogP contribution in [0.4, 0.5) is 0 Å². The van der Waals surface area contributed by atoms with Crippen molar-refractivity contribution in [2.24, 2.45) is 23.7 Å². The summed E-state index contributed by atoms with van der Waals surface area (Å²) in [5.74, 6) is 3.03. The maximum Gasteiger partial charge on any atom is 0.225 e. The number of hydrogen-bond acceptors (Lipinski definition) is 2. The average Bonchev–Trinajstić information content (AvgIpc) is 3.16. The van der Waals surface area contributed by atoms with Gasteiger partial charge in [-0.1, -0.05) is 26.7 Å². The van der Waals surface area contributed by atoms with Gasteiger partial charge >= 0.3 is 0 Å². The largest absolute Gasteiger partial charge is 0.343 e. The van der Waals surface area contributed by atoms with Gasteiger partial charge < -0.3 is 9.80 Å². The Balaban J connectivity index is 1.38. The van der Waals surface area contributed by atoms with Gasteiger partial charge in [0.25, 0.3) is 0 Å². The van der Waals surface area contributed by atoms with Crippen molar-refractivity contribution in [3.63, 3.8) is 0 Å². The molecule has 4 heteroatoms. The van der Waals surface area contributed by atoms with E-state index in [1.807, 2.05) is 0 Å². The molecule has 1 saturated carbocycles. The number of nitrogens with zero attached hydrogens (tertiary/aromatic N) is 2. The summed E-state index contributed by atoms with van der Waals surface area (Å²) in [7, 11) is 0. The van der Waals surface area contributed by atoms with Gasteiger partial charge in [-0.3, -0.25) is 9.59 Å². The predicted octanol–water partition coefficient (Wildman–Crippen LogP) is 3.70. The molecule has 25 heavy (non-hydrogen) atoms. The average molecular weight is 349 g/mol. The monoisotopic (exact) mass is 348 g/mol. The summed E-state index contributed by atoms with van der Waals surface area (Å²) >= 11 is 0. The summed E-state index contributed by atoms with van der Waals surface area (Å²) in [5, 5.41) is 0. The Labute approximate surface area is 153 Å². The van der Waals surface area contributed by atoms with Crippen molar-refractivity contribution >= 4 is 11.8 Å². The molecule has 3 rings (SSSR count). The zero-order valence-electron chi connectivity index (χ0n) is 16.2. The number of piperidine rings is 2. The molecule has 1 aliphatic carbocycles. The normalized spacial score (nSPS) is 24.3. The Morgan fingerprint density at radius 1 is 0.840 bits per heavy atom. The van der Waals surface area contributed by atoms with E-state index >= 15 is 0 Å². The number of amides is 2. The fourth-order valence-corrected chi connectivity index (χ4v) is 4.98. The van der Waals surface area contributed by atoms with E-state index in [0.717, 1.165) is 76.5 Å². The van der Waals surface area contributed by atoms with Crippen molar-refractivity contribution in [2.75, 3.05) is 26.2 Å². The van der Waals surface area contributed by atoms with E-state index < -0.39 is 0 Å². The molecule has 2 aliphatic heterocycles. The Morgan fingerprint density at radius 2 is 1.40 bits per heavy atom. The Bertz CT molecular complexity index is 455. The molecular formula is C21H36N2O2. The topological polar surface area (TPSA) is 40.6 Å². The Morgan fingerprint density at radius 3 is 1.96 bits per heavy atom. The van der Waals surface area contributed by atoms with E-state index in [9.17, 15) is 9.59 Å². The standard InChI is InChI=1S/C21H36N2O2/c1-16(2)18-9-13-22(14-10-18)20(24)15-17-7-11-23(12-8-17)21(25)19-5-3-4-6-19/h16-19H,3-15H2,1-2H3. The summed E-state index contributed by atoms with van der Waals surface area (Å²) in [6.07, 6.45) is 9.64. The van der Waals surface area contributed by atoms with Crippen LogP contribution < -0.4 is 0 Å². The minimum absolute atomic E-state index is 0.292. The van der Waals surface area contributed by atoms with Crippen LogP contribution >= 0.6 is 0 Å². The smallest absolute Gasteiger partial charge is 0.225 e. The zero-order chi connectivity index (χ0) is 17.8. The highest BCUT2D eigenvalue weighted by Gasteiger charge is 2.31. The van der Waals surface area contributed by atoms with Gasteiger partial charge in [0.15, 0.2) is 0 Å². The lowest BCUT2D eigenvalue weighted by atomic mass is 9.86. The van der Waals surface area contributed by atoms with Crippen LogP contribution in [0.5, 0.6) is 0 Å². The molecule has 0 N–H and O–H groups in total. The van der Waals surface area contributed by atoms with Gasteiger partial charge in [0.2, 0.25) is 11.8 Å². The van der Waals surface area contributed by atoms with Crippen LogP contribution in [0.25, 0.3) is 0 Å². The third-order valence-electron chi connectivity index (χ3n) is 6.93. The highest BCUT2D eigenvalue weighted by Crippen LogP contribution is 2.30. The third kappa shape index (κ3) is 4.77. The maximum atomic E-state index is 12.6. The fourth-order valence-electron chi connectivity index (χ4n) is 4.98. The number of likely N-dealkylation sites (tertiary alicyclic amines) is 2. The first-order chi connectivity index (χ1) is 12.0. The summed E-state index contributed by atoms with van der Waals surface area (Å²) in [4.78, 5) is 29.3. The lowest BCUT2D eigenvalue weighted by molar-refractivity contribution is -0.137. The second kappa shape index (κ2) is 8.55. The highest BCUT2D eigenvalue weighted by atomic mass is 16.2. The van der Waals surface area contributed by atoms with Crippen LogP contribution in [0.3, 0.4) is 0 Å². The lowest BCUT2D eigenvalue weighted by Crippen LogP contribution is -2.43. The van der Waals surface area contributed by atoms with Gasteiger partial charge in [0.05, 0.1) is 0 Å². The predicted molar refractivity (Wildman–Crippen MR) is 100 cm³/mol. The van der Waals surface area contributed by atoms with E-state index in [1.165, 1.54) is 12.8 Å². The second-order valence-electron chi connectivity index (χ2n) is 8.92. The number of carbonyl (C=O) groups excluding carboxylic acids is 2. The SMILES string of the molecule is CC(C)C1CCN(C(=O)CC2CCN(C(=O)C3CCCC3)CC2)CC1. The van der Waals surface area contributed by atoms with Crippen LogP contribution in [0, 0.1) is 23.7 Å². The molecule has 0 bridgehead atoms. The van der Waals surface area contributed by atoms with Gasteiger partial charge in [0, 0.05) is 38.5 Å². The van der Waals surface area contributed by atoms with Crippen LogP contribution in [0.1, 0.15) is 71.6 Å². The molecule has 0 atom stereocenters. The molecule has 0 radical (unpaired) electrons. The van der Waals surface area contributed by atoms with Crippen molar-refractivity contribution < 1.29 is 9.59 Å². The van der Waals surface area contributed by atoms with E-state index in [2.05, 4.69) is 23.6 Å². The summed E-state index contributed by atoms with van der Waals surface area (Å²) < 4.78 is 0. The van der Waals surface area contributed by atoms with Gasteiger partial charge in [0.1, 0.15) is 0 Å². The number of rotatable bonds is 4. The Hall–Kier alpha value is -1.06. The van der Waals surface area contributed by atoms with Crippen molar-refractivity contribution in [3.8, 4) is 0 Å². The molecule has 0 aromatic heterocycles. The first-order valence-electron chi connectivity index (χ1n) is 10.6. The molecule has 3 fully saturated rings. The number of carbonyl (C=O) groups is 2. The van der Waals surface area contributed by atoms with Crippen LogP contribution in [-0.4, -0.2) is 47.8 Å². The molecule has 3 aliphatic rings. The fraction of sp³-hybridized carbons (Fsp3) is 0.905. The molecule has 0 aromatic rings. The summed E-state index contributed by atoms with van der Waals surface area (Å²) in [5.41, 5.74) is 0. The van der Waals surface area contributed by atoms with Crippen molar-refractivity contribution in [1.29, 1.82) is 0 Å². The summed E-state index contributed by atoms with van der Waals surface area (Å²) in [6, 6.07) is 0. The lowest BCUT2D eigenvalue weighted by Gasteiger charge is -2.36. The van der Waals surface area contributed by atoms with Gasteiger partial charge in [-0.05, 0) is 56.3 Å². The Kier molecular flexibility index (Phi) is 6.40. The maximum absolute atomic E-state index is 12.6. The molecular weight excluding hydrogens is 312 g/mol. The molecule has 4 nitrogen and oxygen atoms in total. The molecule has 0 unspecified atom stereocenters. The minimum Gasteiger partial charge on any atom is -0.343 e. The number of hydrogen-bond donors (Lipinski definition) is 0. The van der Waals surface area contributed by atoms with E-state index in [-0.39, 0.29) is 0 Å². The highest BCUT2D eigenvalue weighted by molar-refractivity contribution is 5.79. The van der Waals surface area contributed by atoms with Crippen LogP contribution in [0.15, 0.2) is 0 Å². The quantitative estimate of drug-likeness (QED) is 0.777. The van der Waals surface area contributed by atoms with Gasteiger partial charge in [-0.25, -0.2) is 0 Å². The van der Waals surface area contributed by atoms with E-state index in [4.69, 9.17) is 0 Å². The third-order valence-corrected chi connectivity index (χ3v) is 6.93. The molecule has 2 heterocycles. The van der Waals surface area contributed by atoms with Crippen LogP contribution in [0.2, 0.25) is 0 Å². The first kappa shape index (κ1) is 18.7. The summed E-state index contributed by atoms with van der Waals surface area (Å²) in [6.45, 7) is 8.21. The molecule has 2 saturated heterocycles. The van der Waals surface area contributed by atoms with Crippen molar-refractivity contribution in [1.82, 2.24) is 9.80 Å². The van der Waals surface area contributed by atoms with Crippen molar-refractivity contribution in [3.05, 3.63) is 0 Å². The second-order valence-corrected chi connectivity index (χ2v) is 8.92. The van der Waals surface area contributed by atoms with Crippen molar-refractivity contribution in [2.45, 2.75) is 71.6 Å². The van der Waals surface area contributed by atoms with Gasteiger partial charge in [-0.15, -0.1) is 0 Å². The molecule has 0 aromatic carbocycles. The zero-order valence-corrected chi connectivity index (χ0v) is 16.2. The molecule has 0 spiro atoms. The molecule has 142 valence electrons. The van der Waals surface area contributed by atoms with E-state index in [1.54, 1.807) is 0 Å². The minimum atomic E-state index is 0.292. The molecule has 2 amide bonds. The van der Waals surface area contributed by atoms with E-state index in [0.29, 0.717) is 30.1 Å². The van der Waals surface area contributed by atoms with Gasteiger partial charge in [-0.2, -0.15) is 0 Å². The van der Waals surface area contributed by atoms with Crippen LogP contribution in [-0.2, 0) is 9.59 Å². The first-order valence-corrected chi connectivity index (χ1v) is 10.6.